The number of unbranched alkanes of at least 4 members (excludes halogenated alkanes) is 1. The van der Waals surface area contributed by atoms with Gasteiger partial charge in [-0.15, -0.1) is 0 Å². The number of aliphatic imine (C=N–C) groups is 1. The number of esters is 1. The molecule has 0 spiro atoms. The van der Waals surface area contributed by atoms with Gasteiger partial charge in [-0.25, -0.2) is 14.6 Å². The van der Waals surface area contributed by atoms with Crippen LogP contribution < -0.4 is 11.1 Å². The largest absolute Gasteiger partial charge is 0.461 e. The zero-order valence-corrected chi connectivity index (χ0v) is 46.9. The molecule has 0 heterocycles. The third kappa shape index (κ3) is 17.3. The quantitative estimate of drug-likeness (QED) is 0.0270. The second-order valence-electron chi connectivity index (χ2n) is 25.7. The average Bonchev–Trinajstić information content (AvgIpc) is 3.59. The Bertz CT molecular complexity index is 1710. The van der Waals surface area contributed by atoms with Gasteiger partial charge in [0.15, 0.2) is 0 Å². The van der Waals surface area contributed by atoms with Crippen LogP contribution in [-0.4, -0.2) is 102 Å². The molecule has 12 nitrogen and oxygen atoms in total. The molecular formula is C57H103N5O7. The number of fused-ring (bicyclic) bond motifs is 5. The van der Waals surface area contributed by atoms with Crippen molar-refractivity contribution in [1.29, 1.82) is 0 Å². The molecule has 69 heavy (non-hydrogen) atoms. The zero-order chi connectivity index (χ0) is 51.5. The van der Waals surface area contributed by atoms with Gasteiger partial charge in [-0.2, -0.15) is 0 Å². The standard InChI is InChI=1S/C57H103N5O7/c1-17-42(39(2)3)23-22-40(4)46-26-27-47-45-25-24-43-38-44(28-30-56(43,15)48(45)29-31-57(46,47)16)66-49(63)41(5)61(36-20-32-59-50(58)67-53(6,7)8)34-18-19-35-62(52(65)69-55(12,13)14)37-21-33-60-51(64)68-54(9,10)11/h24,39-42,44-48H,17-23,25-38H2,1-16H3,(H2,58,59)(H,60,64)/t40-,41?,42-,44+,45+,46-,47+,48+,56+,57-/m1/s1. The Morgan fingerprint density at radius 1 is 0.797 bits per heavy atom. The van der Waals surface area contributed by atoms with E-state index in [0.717, 1.165) is 61.2 Å². The van der Waals surface area contributed by atoms with Crippen LogP contribution >= 0.6 is 0 Å². The Balaban J connectivity index is 1.38. The number of carbonyl (C=O) groups is 3. The van der Waals surface area contributed by atoms with Gasteiger partial charge in [0.2, 0.25) is 0 Å². The van der Waals surface area contributed by atoms with Crippen LogP contribution in [0.2, 0.25) is 0 Å². The van der Waals surface area contributed by atoms with Crippen LogP contribution in [0.5, 0.6) is 0 Å². The predicted molar refractivity (Wildman–Crippen MR) is 281 cm³/mol. The number of hydrogen-bond acceptors (Lipinski definition) is 9. The molecule has 0 aromatic heterocycles. The first-order valence-corrected chi connectivity index (χ1v) is 27.6. The molecule has 10 atom stereocenters. The van der Waals surface area contributed by atoms with E-state index < -0.39 is 28.9 Å². The van der Waals surface area contributed by atoms with Crippen LogP contribution in [-0.2, 0) is 23.7 Å². The van der Waals surface area contributed by atoms with E-state index in [2.05, 4.69) is 62.8 Å². The summed E-state index contributed by atoms with van der Waals surface area (Å²) in [5.74, 6) is 5.37. The Morgan fingerprint density at radius 3 is 2.07 bits per heavy atom. The SMILES string of the molecule is CC[C@H](CC[C@@H](C)[C@H]1CC[C@H]2[C@@H]3CC=C4C[C@@H](OC(=O)C(C)N(CCCCN(CCCNC(=O)OC(C)(C)C)C(=O)OC(C)(C)C)CCCN=C(N)OC(C)(C)C)CC[C@]4(C)[C@H]3CC[C@]12C)C(C)C. The lowest BCUT2D eigenvalue weighted by molar-refractivity contribution is -0.157. The van der Waals surface area contributed by atoms with Crippen LogP contribution in [0.1, 0.15) is 207 Å². The zero-order valence-electron chi connectivity index (χ0n) is 46.9. The summed E-state index contributed by atoms with van der Waals surface area (Å²) in [6, 6.07) is -0.289. The third-order valence-electron chi connectivity index (χ3n) is 16.8. The maximum absolute atomic E-state index is 14.2. The van der Waals surface area contributed by atoms with Gasteiger partial charge in [-0.3, -0.25) is 9.69 Å². The number of nitrogens with one attached hydrogen (secondary N) is 1. The van der Waals surface area contributed by atoms with Crippen molar-refractivity contribution < 1.29 is 33.3 Å². The molecular weight excluding hydrogens is 867 g/mol. The van der Waals surface area contributed by atoms with Gasteiger partial charge in [0, 0.05) is 39.1 Å². The molecule has 1 unspecified atom stereocenters. The Morgan fingerprint density at radius 2 is 1.43 bits per heavy atom. The van der Waals surface area contributed by atoms with Crippen molar-refractivity contribution >= 4 is 24.2 Å². The lowest BCUT2D eigenvalue weighted by atomic mass is 9.47. The number of hydrogen-bond donors (Lipinski definition) is 2. The Labute approximate surface area is 421 Å². The maximum atomic E-state index is 14.2. The highest BCUT2D eigenvalue weighted by atomic mass is 16.6. The summed E-state index contributed by atoms with van der Waals surface area (Å²) in [5, 5.41) is 2.79. The van der Waals surface area contributed by atoms with Crippen LogP contribution in [0.3, 0.4) is 0 Å². The van der Waals surface area contributed by atoms with Crippen molar-refractivity contribution in [2.75, 3.05) is 39.3 Å². The average molecular weight is 970 g/mol. The normalized spacial score (nSPS) is 27.6. The lowest BCUT2D eigenvalue weighted by Crippen LogP contribution is -2.51. The van der Waals surface area contributed by atoms with Crippen molar-refractivity contribution in [3.05, 3.63) is 11.6 Å². The fourth-order valence-corrected chi connectivity index (χ4v) is 13.1. The van der Waals surface area contributed by atoms with Gasteiger partial charge >= 0.3 is 18.2 Å². The van der Waals surface area contributed by atoms with Crippen molar-refractivity contribution in [3.8, 4) is 0 Å². The number of amidine groups is 1. The van der Waals surface area contributed by atoms with Crippen molar-refractivity contribution in [1.82, 2.24) is 15.1 Å². The van der Waals surface area contributed by atoms with E-state index in [1.165, 1.54) is 56.9 Å². The minimum atomic E-state index is -0.644. The van der Waals surface area contributed by atoms with Crippen molar-refractivity contribution in [2.45, 2.75) is 236 Å². The molecule has 4 aliphatic rings. The number of ether oxygens (including phenoxy) is 4. The van der Waals surface area contributed by atoms with E-state index >= 15 is 0 Å². The molecule has 0 bridgehead atoms. The summed E-state index contributed by atoms with van der Waals surface area (Å²) < 4.78 is 23.3. The van der Waals surface area contributed by atoms with Crippen LogP contribution in [0, 0.1) is 52.3 Å². The molecule has 0 radical (unpaired) electrons. The van der Waals surface area contributed by atoms with Crippen molar-refractivity contribution in [2.24, 2.45) is 63.0 Å². The topological polar surface area (TPSA) is 145 Å². The van der Waals surface area contributed by atoms with Crippen molar-refractivity contribution in [3.63, 3.8) is 0 Å². The van der Waals surface area contributed by atoms with Gasteiger partial charge < -0.3 is 34.9 Å². The number of allylic oxidation sites excluding steroid dienone is 1. The second-order valence-corrected chi connectivity index (χ2v) is 25.7. The number of amides is 2. The number of carbonyl (C=O) groups excluding carboxylic acids is 3. The first kappa shape index (κ1) is 58.5. The molecule has 0 saturated heterocycles. The smallest absolute Gasteiger partial charge is 0.410 e. The molecule has 4 rings (SSSR count). The van der Waals surface area contributed by atoms with E-state index in [9.17, 15) is 14.4 Å². The number of nitrogens with zero attached hydrogens (tertiary/aromatic N) is 3. The van der Waals surface area contributed by atoms with Gasteiger partial charge in [-0.1, -0.05) is 66.0 Å². The van der Waals surface area contributed by atoms with E-state index in [4.69, 9.17) is 24.7 Å². The summed E-state index contributed by atoms with van der Waals surface area (Å²) in [6.45, 7) is 36.9. The predicted octanol–water partition coefficient (Wildman–Crippen LogP) is 12.7. The van der Waals surface area contributed by atoms with Crippen LogP contribution in [0.4, 0.5) is 9.59 Å². The fourth-order valence-electron chi connectivity index (χ4n) is 13.1. The molecule has 2 amide bonds. The molecule has 3 fully saturated rings. The van der Waals surface area contributed by atoms with Crippen LogP contribution in [0.25, 0.3) is 0 Å². The monoisotopic (exact) mass is 970 g/mol. The maximum Gasteiger partial charge on any atom is 0.410 e. The third-order valence-corrected chi connectivity index (χ3v) is 16.8. The molecule has 0 aromatic rings. The summed E-state index contributed by atoms with van der Waals surface area (Å²) in [4.78, 5) is 48.1. The minimum Gasteiger partial charge on any atom is -0.461 e. The molecule has 398 valence electrons. The fraction of sp³-hybridized carbons (Fsp3) is 0.895. The molecule has 3 saturated carbocycles. The van der Waals surface area contributed by atoms with E-state index in [1.807, 2.05) is 69.2 Å². The molecule has 12 heteroatoms. The van der Waals surface area contributed by atoms with E-state index in [-0.39, 0.29) is 29.6 Å². The lowest BCUT2D eigenvalue weighted by Gasteiger charge is -2.58. The first-order valence-electron chi connectivity index (χ1n) is 27.6. The van der Waals surface area contributed by atoms with Gasteiger partial charge in [0.25, 0.3) is 6.02 Å². The van der Waals surface area contributed by atoms with E-state index in [0.29, 0.717) is 69.9 Å². The summed E-state index contributed by atoms with van der Waals surface area (Å²) in [7, 11) is 0. The summed E-state index contributed by atoms with van der Waals surface area (Å²) in [6.07, 6.45) is 17.8. The highest BCUT2D eigenvalue weighted by Gasteiger charge is 2.59. The highest BCUT2D eigenvalue weighted by Crippen LogP contribution is 2.67. The van der Waals surface area contributed by atoms with Gasteiger partial charge in [-0.05, 0) is 205 Å². The molecule has 4 aliphatic carbocycles. The summed E-state index contributed by atoms with van der Waals surface area (Å²) >= 11 is 0. The number of alkyl carbamates (subject to hydrolysis) is 1. The van der Waals surface area contributed by atoms with Gasteiger partial charge in [0.05, 0.1) is 0 Å². The van der Waals surface area contributed by atoms with Gasteiger partial charge in [0.1, 0.15) is 28.9 Å². The first-order chi connectivity index (χ1) is 32.1. The van der Waals surface area contributed by atoms with Crippen LogP contribution in [0.15, 0.2) is 16.6 Å². The Kier molecular flexibility index (Phi) is 21.3. The minimum absolute atomic E-state index is 0.118. The molecule has 0 aromatic carbocycles. The molecule has 3 N–H and O–H groups in total. The second kappa shape index (κ2) is 25.1. The number of rotatable bonds is 22. The highest BCUT2D eigenvalue weighted by molar-refractivity contribution is 5.75. The van der Waals surface area contributed by atoms with E-state index in [1.54, 1.807) is 4.90 Å². The number of nitrogens with two attached hydrogens (primary N) is 1. The molecule has 0 aliphatic heterocycles. The Hall–Kier alpha value is -3.02. The summed E-state index contributed by atoms with van der Waals surface area (Å²) in [5.41, 5.74) is 6.59.